The first-order valence-electron chi connectivity index (χ1n) is 6.08. The quantitative estimate of drug-likeness (QED) is 0.710. The number of nitrogens with two attached hydrogens (primary N) is 1. The zero-order valence-corrected chi connectivity index (χ0v) is 9.83. The molecule has 0 aromatic carbocycles. The van der Waals surface area contributed by atoms with Gasteiger partial charge in [0.25, 0.3) is 0 Å². The summed E-state index contributed by atoms with van der Waals surface area (Å²) in [6.07, 6.45) is 4.50. The second kappa shape index (κ2) is 3.78. The molecular formula is C12H22N2O. The summed E-state index contributed by atoms with van der Waals surface area (Å²) in [6.45, 7) is 6.16. The van der Waals surface area contributed by atoms with Crippen molar-refractivity contribution in [2.24, 2.45) is 17.1 Å². The molecule has 0 spiro atoms. The molecule has 3 heteroatoms. The van der Waals surface area contributed by atoms with Crippen LogP contribution in [-0.4, -0.2) is 29.9 Å². The number of carbonyl (C=O) groups is 1. The molecule has 1 aliphatic carbocycles. The SMILES string of the molecule is CC1(C)[C@H](N)C[C@@H]1C(=O)N1CCCCC1. The predicted molar refractivity (Wildman–Crippen MR) is 60.3 cm³/mol. The van der Waals surface area contributed by atoms with Gasteiger partial charge in [-0.3, -0.25) is 4.79 Å². The Morgan fingerprint density at radius 2 is 1.87 bits per heavy atom. The van der Waals surface area contributed by atoms with Crippen molar-refractivity contribution in [3.05, 3.63) is 0 Å². The van der Waals surface area contributed by atoms with Crippen molar-refractivity contribution < 1.29 is 4.79 Å². The molecule has 0 aromatic heterocycles. The molecule has 15 heavy (non-hydrogen) atoms. The molecule has 86 valence electrons. The van der Waals surface area contributed by atoms with Crippen LogP contribution < -0.4 is 5.73 Å². The van der Waals surface area contributed by atoms with Gasteiger partial charge in [0.15, 0.2) is 0 Å². The van der Waals surface area contributed by atoms with E-state index in [1.165, 1.54) is 19.3 Å². The van der Waals surface area contributed by atoms with Gasteiger partial charge in [-0.2, -0.15) is 0 Å². The smallest absolute Gasteiger partial charge is 0.226 e. The van der Waals surface area contributed by atoms with E-state index in [0.717, 1.165) is 19.5 Å². The molecular weight excluding hydrogens is 188 g/mol. The molecule has 2 N–H and O–H groups in total. The number of hydrogen-bond donors (Lipinski definition) is 1. The normalized spacial score (nSPS) is 34.7. The Morgan fingerprint density at radius 3 is 2.33 bits per heavy atom. The van der Waals surface area contributed by atoms with Crippen molar-refractivity contribution in [1.82, 2.24) is 4.90 Å². The molecule has 0 unspecified atom stereocenters. The second-order valence-electron chi connectivity index (χ2n) is 5.60. The van der Waals surface area contributed by atoms with Crippen molar-refractivity contribution in [1.29, 1.82) is 0 Å². The summed E-state index contributed by atoms with van der Waals surface area (Å²) >= 11 is 0. The number of likely N-dealkylation sites (tertiary alicyclic amines) is 1. The molecule has 2 rings (SSSR count). The number of piperidine rings is 1. The third-order valence-corrected chi connectivity index (χ3v) is 4.31. The highest BCUT2D eigenvalue weighted by Gasteiger charge is 2.50. The molecule has 2 aliphatic rings. The van der Waals surface area contributed by atoms with E-state index in [-0.39, 0.29) is 17.4 Å². The topological polar surface area (TPSA) is 46.3 Å². The van der Waals surface area contributed by atoms with E-state index in [4.69, 9.17) is 5.73 Å². The highest BCUT2D eigenvalue weighted by Crippen LogP contribution is 2.46. The maximum atomic E-state index is 12.2. The van der Waals surface area contributed by atoms with E-state index in [1.54, 1.807) is 0 Å². The molecule has 1 aliphatic heterocycles. The summed E-state index contributed by atoms with van der Waals surface area (Å²) in [5, 5.41) is 0. The van der Waals surface area contributed by atoms with Gasteiger partial charge in [0.2, 0.25) is 5.91 Å². The Balaban J connectivity index is 1.96. The number of hydrogen-bond acceptors (Lipinski definition) is 2. The lowest BCUT2D eigenvalue weighted by Gasteiger charge is -2.51. The van der Waals surface area contributed by atoms with Gasteiger partial charge in [0, 0.05) is 25.0 Å². The lowest BCUT2D eigenvalue weighted by molar-refractivity contribution is -0.148. The largest absolute Gasteiger partial charge is 0.342 e. The first-order valence-corrected chi connectivity index (χ1v) is 6.08. The van der Waals surface area contributed by atoms with Crippen LogP contribution in [-0.2, 0) is 4.79 Å². The van der Waals surface area contributed by atoms with Crippen LogP contribution in [0.3, 0.4) is 0 Å². The molecule has 1 amide bonds. The number of rotatable bonds is 1. The summed E-state index contributed by atoms with van der Waals surface area (Å²) in [4.78, 5) is 14.3. The Hall–Kier alpha value is -0.570. The van der Waals surface area contributed by atoms with Gasteiger partial charge in [-0.15, -0.1) is 0 Å². The van der Waals surface area contributed by atoms with Crippen LogP contribution in [0.4, 0.5) is 0 Å². The highest BCUT2D eigenvalue weighted by atomic mass is 16.2. The number of nitrogens with zero attached hydrogens (tertiary/aromatic N) is 1. The van der Waals surface area contributed by atoms with E-state index in [1.807, 2.05) is 4.90 Å². The highest BCUT2D eigenvalue weighted by molar-refractivity contribution is 5.81. The summed E-state index contributed by atoms with van der Waals surface area (Å²) in [5.74, 6) is 0.520. The molecule has 3 nitrogen and oxygen atoms in total. The third-order valence-electron chi connectivity index (χ3n) is 4.31. The van der Waals surface area contributed by atoms with Crippen LogP contribution >= 0.6 is 0 Å². The Kier molecular flexibility index (Phi) is 2.75. The van der Waals surface area contributed by atoms with Gasteiger partial charge in [-0.1, -0.05) is 13.8 Å². The standard InChI is InChI=1S/C12H22N2O/c1-12(2)9(8-10(12)13)11(15)14-6-4-3-5-7-14/h9-10H,3-8,13H2,1-2H3/t9-,10-/m1/s1. The maximum Gasteiger partial charge on any atom is 0.226 e. The summed E-state index contributed by atoms with van der Waals surface area (Å²) < 4.78 is 0. The van der Waals surface area contributed by atoms with Crippen LogP contribution in [0.2, 0.25) is 0 Å². The lowest BCUT2D eigenvalue weighted by Crippen LogP contribution is -2.60. The molecule has 0 aromatic rings. The minimum absolute atomic E-state index is 0.00846. The monoisotopic (exact) mass is 210 g/mol. The lowest BCUT2D eigenvalue weighted by atomic mass is 9.58. The zero-order chi connectivity index (χ0) is 11.1. The van der Waals surface area contributed by atoms with Crippen LogP contribution in [0.5, 0.6) is 0 Å². The summed E-state index contributed by atoms with van der Waals surface area (Å²) in [6, 6.07) is 0.205. The average molecular weight is 210 g/mol. The fourth-order valence-corrected chi connectivity index (χ4v) is 2.71. The molecule has 1 saturated carbocycles. The van der Waals surface area contributed by atoms with Crippen molar-refractivity contribution in [2.45, 2.75) is 45.6 Å². The molecule has 2 fully saturated rings. The first-order chi connectivity index (χ1) is 7.03. The minimum Gasteiger partial charge on any atom is -0.342 e. The second-order valence-corrected chi connectivity index (χ2v) is 5.60. The van der Waals surface area contributed by atoms with Crippen LogP contribution in [0, 0.1) is 11.3 Å². The maximum absolute atomic E-state index is 12.2. The van der Waals surface area contributed by atoms with E-state index < -0.39 is 0 Å². The summed E-state index contributed by atoms with van der Waals surface area (Å²) in [5.41, 5.74) is 5.95. The Labute approximate surface area is 92.0 Å². The van der Waals surface area contributed by atoms with E-state index in [9.17, 15) is 4.79 Å². The van der Waals surface area contributed by atoms with E-state index in [0.29, 0.717) is 5.91 Å². The van der Waals surface area contributed by atoms with Crippen molar-refractivity contribution in [3.63, 3.8) is 0 Å². The van der Waals surface area contributed by atoms with Gasteiger partial charge in [-0.05, 0) is 31.1 Å². The zero-order valence-electron chi connectivity index (χ0n) is 9.83. The van der Waals surface area contributed by atoms with Gasteiger partial charge in [0.05, 0.1) is 0 Å². The molecule has 0 bridgehead atoms. The van der Waals surface area contributed by atoms with Gasteiger partial charge in [0.1, 0.15) is 0 Å². The predicted octanol–water partition coefficient (Wildman–Crippen LogP) is 1.37. The fourth-order valence-electron chi connectivity index (χ4n) is 2.71. The minimum atomic E-state index is 0.00846. The molecule has 1 saturated heterocycles. The Bertz CT molecular complexity index is 256. The van der Waals surface area contributed by atoms with Crippen LogP contribution in [0.1, 0.15) is 39.5 Å². The van der Waals surface area contributed by atoms with Crippen molar-refractivity contribution >= 4 is 5.91 Å². The van der Waals surface area contributed by atoms with Gasteiger partial charge >= 0.3 is 0 Å². The molecule has 2 atom stereocenters. The first kappa shape index (κ1) is 10.9. The Morgan fingerprint density at radius 1 is 1.27 bits per heavy atom. The van der Waals surface area contributed by atoms with E-state index >= 15 is 0 Å². The third kappa shape index (κ3) is 1.78. The van der Waals surface area contributed by atoms with Gasteiger partial charge in [-0.25, -0.2) is 0 Å². The van der Waals surface area contributed by atoms with Crippen LogP contribution in [0.15, 0.2) is 0 Å². The summed E-state index contributed by atoms with van der Waals surface area (Å²) in [7, 11) is 0. The number of amides is 1. The van der Waals surface area contributed by atoms with Crippen molar-refractivity contribution in [3.8, 4) is 0 Å². The molecule has 1 heterocycles. The van der Waals surface area contributed by atoms with Crippen LogP contribution in [0.25, 0.3) is 0 Å². The van der Waals surface area contributed by atoms with Gasteiger partial charge < -0.3 is 10.6 Å². The van der Waals surface area contributed by atoms with Crippen molar-refractivity contribution in [2.75, 3.05) is 13.1 Å². The van der Waals surface area contributed by atoms with E-state index in [2.05, 4.69) is 13.8 Å². The number of carbonyl (C=O) groups excluding carboxylic acids is 1. The average Bonchev–Trinajstić information content (AvgIpc) is 2.26. The molecule has 0 radical (unpaired) electrons. The fraction of sp³-hybridized carbons (Fsp3) is 0.917.